The van der Waals surface area contributed by atoms with Crippen molar-refractivity contribution in [2.75, 3.05) is 32.7 Å². The first-order valence-electron chi connectivity index (χ1n) is 8.23. The number of nitrogens with one attached hydrogen (secondary N) is 3. The van der Waals surface area contributed by atoms with E-state index >= 15 is 0 Å². The van der Waals surface area contributed by atoms with Crippen LogP contribution in [0.3, 0.4) is 0 Å². The van der Waals surface area contributed by atoms with Crippen LogP contribution in [0.1, 0.15) is 24.2 Å². The quantitative estimate of drug-likeness (QED) is 0.603. The van der Waals surface area contributed by atoms with Crippen molar-refractivity contribution >= 4 is 21.8 Å². The molecule has 1 fully saturated rings. The first-order chi connectivity index (χ1) is 11.8. The van der Waals surface area contributed by atoms with Crippen LogP contribution < -0.4 is 16.0 Å². The van der Waals surface area contributed by atoms with E-state index in [4.69, 9.17) is 0 Å². The number of nitrogens with zero attached hydrogens (tertiary/aromatic N) is 1. The van der Waals surface area contributed by atoms with Crippen molar-refractivity contribution in [3.63, 3.8) is 0 Å². The molecule has 0 bridgehead atoms. The van der Waals surface area contributed by atoms with Crippen molar-refractivity contribution in [1.29, 1.82) is 0 Å². The van der Waals surface area contributed by atoms with E-state index in [0.717, 1.165) is 10.8 Å². The highest BCUT2D eigenvalue weighted by Gasteiger charge is 2.29. The van der Waals surface area contributed by atoms with Crippen LogP contribution in [0.25, 0.3) is 0 Å². The van der Waals surface area contributed by atoms with Gasteiger partial charge in [-0.1, -0.05) is 6.92 Å². The molecule has 0 aromatic heterocycles. The molecule has 138 valence electrons. The van der Waals surface area contributed by atoms with Crippen molar-refractivity contribution in [1.82, 2.24) is 20.3 Å². The fourth-order valence-electron chi connectivity index (χ4n) is 2.52. The maximum Gasteiger partial charge on any atom is 0.251 e. The average Bonchev–Trinajstić information content (AvgIpc) is 2.60. The average molecular weight is 368 g/mol. The summed E-state index contributed by atoms with van der Waals surface area (Å²) < 4.78 is 26.2. The number of sulfonamides is 1. The van der Waals surface area contributed by atoms with Gasteiger partial charge in [-0.2, -0.15) is 4.31 Å². The van der Waals surface area contributed by atoms with Crippen LogP contribution in [0.15, 0.2) is 29.2 Å². The van der Waals surface area contributed by atoms with E-state index in [1.54, 1.807) is 0 Å². The van der Waals surface area contributed by atoms with E-state index in [2.05, 4.69) is 16.0 Å². The second kappa shape index (κ2) is 8.41. The van der Waals surface area contributed by atoms with Crippen LogP contribution in [0.2, 0.25) is 0 Å². The highest BCUT2D eigenvalue weighted by Crippen LogP contribution is 2.17. The maximum atomic E-state index is 12.5. The van der Waals surface area contributed by atoms with Gasteiger partial charge in [0.25, 0.3) is 5.91 Å². The Morgan fingerprint density at radius 1 is 1.32 bits per heavy atom. The summed E-state index contributed by atoms with van der Waals surface area (Å²) in [7, 11) is -3.74. The summed E-state index contributed by atoms with van der Waals surface area (Å²) in [5.74, 6) is -0.577. The minimum absolute atomic E-state index is 0.0692. The standard InChI is InChI=1S/C16H24N4O4S/c1-3-17-12(2)10-19-16(22)13-4-6-14(7-5-13)25(23,24)20-9-8-18-15(21)11-20/h4-7,12,17H,3,8-11H2,1-2H3,(H,18,21)(H,19,22)/t12-/m1/s1. The predicted octanol–water partition coefficient (Wildman–Crippen LogP) is -0.465. The number of amides is 2. The summed E-state index contributed by atoms with van der Waals surface area (Å²) in [4.78, 5) is 23.6. The molecular formula is C16H24N4O4S. The zero-order valence-electron chi connectivity index (χ0n) is 14.4. The van der Waals surface area contributed by atoms with E-state index in [1.807, 2.05) is 13.8 Å². The van der Waals surface area contributed by atoms with Gasteiger partial charge in [-0.15, -0.1) is 0 Å². The smallest absolute Gasteiger partial charge is 0.251 e. The van der Waals surface area contributed by atoms with Crippen LogP contribution in [-0.2, 0) is 14.8 Å². The molecule has 1 atom stereocenters. The molecule has 0 aliphatic carbocycles. The van der Waals surface area contributed by atoms with Crippen molar-refractivity contribution in [2.24, 2.45) is 0 Å². The van der Waals surface area contributed by atoms with Gasteiger partial charge in [0.1, 0.15) is 0 Å². The summed E-state index contributed by atoms with van der Waals surface area (Å²) in [5, 5.41) is 8.57. The molecule has 25 heavy (non-hydrogen) atoms. The third-order valence-corrected chi connectivity index (χ3v) is 5.74. The first kappa shape index (κ1) is 19.4. The fraction of sp³-hybridized carbons (Fsp3) is 0.500. The molecule has 0 radical (unpaired) electrons. The highest BCUT2D eigenvalue weighted by atomic mass is 32.2. The van der Waals surface area contributed by atoms with Gasteiger partial charge in [-0.05, 0) is 37.7 Å². The van der Waals surface area contributed by atoms with E-state index < -0.39 is 10.0 Å². The fourth-order valence-corrected chi connectivity index (χ4v) is 3.91. The number of rotatable bonds is 7. The number of carbonyl (C=O) groups excluding carboxylic acids is 2. The minimum Gasteiger partial charge on any atom is -0.354 e. The summed E-state index contributed by atoms with van der Waals surface area (Å²) in [5.41, 5.74) is 0.388. The van der Waals surface area contributed by atoms with Crippen LogP contribution in [0.4, 0.5) is 0 Å². The Hall–Kier alpha value is -1.97. The van der Waals surface area contributed by atoms with E-state index in [1.165, 1.54) is 24.3 Å². The maximum absolute atomic E-state index is 12.5. The van der Waals surface area contributed by atoms with Gasteiger partial charge >= 0.3 is 0 Å². The molecule has 0 unspecified atom stereocenters. The van der Waals surface area contributed by atoms with E-state index in [0.29, 0.717) is 18.7 Å². The molecule has 2 amide bonds. The van der Waals surface area contributed by atoms with Crippen LogP contribution in [0.5, 0.6) is 0 Å². The number of likely N-dealkylation sites (N-methyl/N-ethyl adjacent to an activating group) is 1. The first-order valence-corrected chi connectivity index (χ1v) is 9.67. The van der Waals surface area contributed by atoms with Gasteiger partial charge in [0, 0.05) is 31.2 Å². The van der Waals surface area contributed by atoms with Crippen molar-refractivity contribution in [3.8, 4) is 0 Å². The SMILES string of the molecule is CCN[C@H](C)CNC(=O)c1ccc(S(=O)(=O)N2CCNC(=O)C2)cc1. The monoisotopic (exact) mass is 368 g/mol. The molecule has 1 aliphatic rings. The summed E-state index contributed by atoms with van der Waals surface area (Å²) >= 11 is 0. The Morgan fingerprint density at radius 2 is 2.00 bits per heavy atom. The van der Waals surface area contributed by atoms with Gasteiger partial charge in [0.05, 0.1) is 11.4 Å². The number of hydrogen-bond acceptors (Lipinski definition) is 5. The number of benzene rings is 1. The number of hydrogen-bond donors (Lipinski definition) is 3. The Balaban J connectivity index is 2.03. The molecule has 0 spiro atoms. The van der Waals surface area contributed by atoms with Gasteiger partial charge in [-0.3, -0.25) is 9.59 Å². The molecule has 1 aliphatic heterocycles. The van der Waals surface area contributed by atoms with Crippen LogP contribution in [-0.4, -0.2) is 63.3 Å². The Morgan fingerprint density at radius 3 is 2.60 bits per heavy atom. The van der Waals surface area contributed by atoms with E-state index in [-0.39, 0.29) is 35.8 Å². The summed E-state index contributed by atoms with van der Waals surface area (Å²) in [6.07, 6.45) is 0. The highest BCUT2D eigenvalue weighted by molar-refractivity contribution is 7.89. The minimum atomic E-state index is -3.74. The lowest BCUT2D eigenvalue weighted by Crippen LogP contribution is -2.49. The zero-order chi connectivity index (χ0) is 18.4. The van der Waals surface area contributed by atoms with E-state index in [9.17, 15) is 18.0 Å². The van der Waals surface area contributed by atoms with Crippen LogP contribution in [0, 0.1) is 0 Å². The summed E-state index contributed by atoms with van der Waals surface area (Å²) in [6.45, 7) is 5.60. The largest absolute Gasteiger partial charge is 0.354 e. The Kier molecular flexibility index (Phi) is 6.51. The molecule has 9 heteroatoms. The van der Waals surface area contributed by atoms with Gasteiger partial charge in [-0.25, -0.2) is 8.42 Å². The molecule has 2 rings (SSSR count). The molecule has 1 saturated heterocycles. The molecule has 8 nitrogen and oxygen atoms in total. The molecule has 1 aromatic carbocycles. The lowest BCUT2D eigenvalue weighted by molar-refractivity contribution is -0.122. The Labute approximate surface area is 148 Å². The van der Waals surface area contributed by atoms with Gasteiger partial charge < -0.3 is 16.0 Å². The third kappa shape index (κ3) is 5.00. The second-order valence-corrected chi connectivity index (χ2v) is 7.82. The molecule has 1 heterocycles. The zero-order valence-corrected chi connectivity index (χ0v) is 15.2. The lowest BCUT2D eigenvalue weighted by atomic mass is 10.2. The Bertz CT molecular complexity index is 718. The van der Waals surface area contributed by atoms with Crippen molar-refractivity contribution in [2.45, 2.75) is 24.8 Å². The third-order valence-electron chi connectivity index (χ3n) is 3.88. The molecule has 3 N–H and O–H groups in total. The molecule has 1 aromatic rings. The topological polar surface area (TPSA) is 108 Å². The lowest BCUT2D eigenvalue weighted by Gasteiger charge is -2.25. The molecular weight excluding hydrogens is 344 g/mol. The van der Waals surface area contributed by atoms with Gasteiger partial charge in [0.15, 0.2) is 0 Å². The normalized spacial score (nSPS) is 17.0. The van der Waals surface area contributed by atoms with Crippen molar-refractivity contribution in [3.05, 3.63) is 29.8 Å². The molecule has 0 saturated carbocycles. The van der Waals surface area contributed by atoms with Gasteiger partial charge in [0.2, 0.25) is 15.9 Å². The summed E-state index contributed by atoms with van der Waals surface area (Å²) in [6, 6.07) is 5.89. The number of piperazine rings is 1. The van der Waals surface area contributed by atoms with Crippen molar-refractivity contribution < 1.29 is 18.0 Å². The predicted molar refractivity (Wildman–Crippen MR) is 93.7 cm³/mol. The second-order valence-electron chi connectivity index (χ2n) is 5.88. The van der Waals surface area contributed by atoms with Crippen LogP contribution >= 0.6 is 0 Å². The number of carbonyl (C=O) groups is 2.